The average molecular weight is 310 g/mol. The van der Waals surface area contributed by atoms with Crippen molar-refractivity contribution in [3.05, 3.63) is 58.7 Å². The van der Waals surface area contributed by atoms with Crippen molar-refractivity contribution >= 4 is 22.9 Å². The molecule has 0 aliphatic carbocycles. The molecular formula is C13H10N8O2. The molecule has 0 saturated heterocycles. The normalized spacial score (nSPS) is 11.1. The fraction of sp³-hybridized carbons (Fsp3) is 0.0769. The van der Waals surface area contributed by atoms with Gasteiger partial charge >= 0.3 is 5.82 Å². The first-order valence-corrected chi connectivity index (χ1v) is 6.73. The quantitative estimate of drug-likeness (QED) is 0.446. The Morgan fingerprint density at radius 1 is 1.09 bits per heavy atom. The van der Waals surface area contributed by atoms with Crippen molar-refractivity contribution in [1.82, 2.24) is 29.2 Å². The van der Waals surface area contributed by atoms with Gasteiger partial charge in [-0.1, -0.05) is 9.61 Å². The molecule has 23 heavy (non-hydrogen) atoms. The Balaban J connectivity index is 1.64. The molecule has 10 nitrogen and oxygen atoms in total. The molecule has 0 radical (unpaired) electrons. The van der Waals surface area contributed by atoms with Crippen LogP contribution < -0.4 is 5.32 Å². The minimum Gasteiger partial charge on any atom is -0.361 e. The number of anilines is 1. The second-order valence-corrected chi connectivity index (χ2v) is 4.75. The Bertz CT molecular complexity index is 1020. The molecule has 4 aromatic rings. The van der Waals surface area contributed by atoms with Crippen molar-refractivity contribution in [2.45, 2.75) is 6.54 Å². The molecule has 0 aromatic carbocycles. The highest BCUT2D eigenvalue weighted by atomic mass is 16.6. The molecule has 0 unspecified atom stereocenters. The molecule has 4 rings (SSSR count). The molecule has 4 aromatic heterocycles. The molecule has 0 aliphatic rings. The molecule has 1 N–H and O–H groups in total. The summed E-state index contributed by atoms with van der Waals surface area (Å²) < 4.78 is 2.91. The number of hydrogen-bond donors (Lipinski definition) is 1. The van der Waals surface area contributed by atoms with Crippen LogP contribution in [0.3, 0.4) is 0 Å². The molecule has 0 fully saturated rings. The van der Waals surface area contributed by atoms with Gasteiger partial charge in [-0.3, -0.25) is 0 Å². The molecule has 0 spiro atoms. The number of nitrogens with zero attached hydrogens (tertiary/aromatic N) is 7. The lowest BCUT2D eigenvalue weighted by atomic mass is 10.4. The summed E-state index contributed by atoms with van der Waals surface area (Å²) in [6.45, 7) is 0.446. The largest absolute Gasteiger partial charge is 0.368 e. The number of aromatic nitrogens is 6. The Morgan fingerprint density at radius 2 is 1.96 bits per heavy atom. The number of hydrogen-bond acceptors (Lipinski definition) is 7. The smallest absolute Gasteiger partial charge is 0.361 e. The fourth-order valence-electron chi connectivity index (χ4n) is 2.28. The lowest BCUT2D eigenvalue weighted by Gasteiger charge is -2.06. The van der Waals surface area contributed by atoms with Crippen LogP contribution in [-0.4, -0.2) is 34.1 Å². The van der Waals surface area contributed by atoms with E-state index < -0.39 is 4.92 Å². The van der Waals surface area contributed by atoms with Crippen molar-refractivity contribution in [2.75, 3.05) is 5.32 Å². The number of fused-ring (bicyclic) bond motifs is 2. The van der Waals surface area contributed by atoms with E-state index in [0.717, 1.165) is 11.3 Å². The van der Waals surface area contributed by atoms with Gasteiger partial charge in [0, 0.05) is 18.3 Å². The molecule has 0 bridgehead atoms. The van der Waals surface area contributed by atoms with Gasteiger partial charge in [0.05, 0.1) is 18.4 Å². The topological polar surface area (TPSA) is 116 Å². The van der Waals surface area contributed by atoms with E-state index in [4.69, 9.17) is 0 Å². The van der Waals surface area contributed by atoms with Gasteiger partial charge in [0.15, 0.2) is 11.5 Å². The van der Waals surface area contributed by atoms with Crippen LogP contribution in [0.25, 0.3) is 11.3 Å². The third kappa shape index (κ3) is 2.21. The summed E-state index contributed by atoms with van der Waals surface area (Å²) in [6.07, 6.45) is 4.55. The highest BCUT2D eigenvalue weighted by Crippen LogP contribution is 2.15. The summed E-state index contributed by atoms with van der Waals surface area (Å²) >= 11 is 0. The summed E-state index contributed by atoms with van der Waals surface area (Å²) in [4.78, 5) is 18.6. The lowest BCUT2D eigenvalue weighted by Crippen LogP contribution is -2.09. The van der Waals surface area contributed by atoms with Crippen molar-refractivity contribution in [2.24, 2.45) is 0 Å². The van der Waals surface area contributed by atoms with Crippen LogP contribution >= 0.6 is 0 Å². The van der Waals surface area contributed by atoms with Gasteiger partial charge in [0.2, 0.25) is 5.65 Å². The van der Waals surface area contributed by atoms with E-state index in [-0.39, 0.29) is 5.82 Å². The van der Waals surface area contributed by atoms with Gasteiger partial charge in [-0.25, -0.2) is 14.5 Å². The second kappa shape index (κ2) is 5.02. The second-order valence-electron chi connectivity index (χ2n) is 4.75. The maximum atomic E-state index is 10.9. The minimum atomic E-state index is -0.521. The van der Waals surface area contributed by atoms with E-state index in [1.807, 2.05) is 12.1 Å². The molecule has 114 valence electrons. The van der Waals surface area contributed by atoms with Crippen molar-refractivity contribution in [3.63, 3.8) is 0 Å². The van der Waals surface area contributed by atoms with Crippen LogP contribution in [-0.2, 0) is 6.54 Å². The number of imidazole rings is 1. The van der Waals surface area contributed by atoms with Gasteiger partial charge in [-0.2, -0.15) is 5.10 Å². The Kier molecular flexibility index (Phi) is 2.86. The van der Waals surface area contributed by atoms with E-state index >= 15 is 0 Å². The maximum absolute atomic E-state index is 10.9. The van der Waals surface area contributed by atoms with Crippen molar-refractivity contribution in [1.29, 1.82) is 0 Å². The number of nitrogens with one attached hydrogen (secondary N) is 1. The summed E-state index contributed by atoms with van der Waals surface area (Å²) in [5.74, 6) is 0.317. The molecule has 0 aliphatic heterocycles. The minimum absolute atomic E-state index is 0.179. The summed E-state index contributed by atoms with van der Waals surface area (Å²) in [7, 11) is 0. The van der Waals surface area contributed by atoms with Crippen LogP contribution in [0.5, 0.6) is 0 Å². The van der Waals surface area contributed by atoms with E-state index in [1.165, 1.54) is 10.7 Å². The van der Waals surface area contributed by atoms with Gasteiger partial charge < -0.3 is 15.4 Å². The zero-order valence-electron chi connectivity index (χ0n) is 11.7. The monoisotopic (exact) mass is 310 g/mol. The molecule has 0 amide bonds. The van der Waals surface area contributed by atoms with E-state index in [2.05, 4.69) is 25.5 Å². The van der Waals surface area contributed by atoms with Crippen LogP contribution in [0, 0.1) is 10.1 Å². The summed E-state index contributed by atoms with van der Waals surface area (Å²) in [5.41, 5.74) is 2.06. The molecule has 4 heterocycles. The fourth-order valence-corrected chi connectivity index (χ4v) is 2.28. The SMILES string of the molecule is O=[N+]([O-])c1cnc2ccc(NCc3ccnc4ccnn34)nn12. The number of rotatable bonds is 4. The molecule has 0 saturated carbocycles. The zero-order chi connectivity index (χ0) is 15.8. The predicted molar refractivity (Wildman–Crippen MR) is 80.0 cm³/mol. The highest BCUT2D eigenvalue weighted by Gasteiger charge is 2.16. The van der Waals surface area contributed by atoms with Crippen LogP contribution in [0.2, 0.25) is 0 Å². The van der Waals surface area contributed by atoms with E-state index in [9.17, 15) is 10.1 Å². The molecular weight excluding hydrogens is 300 g/mol. The summed E-state index contributed by atoms with van der Waals surface area (Å²) in [6, 6.07) is 7.03. The van der Waals surface area contributed by atoms with Gasteiger partial charge in [-0.05, 0) is 17.1 Å². The lowest BCUT2D eigenvalue weighted by molar-refractivity contribution is -0.391. The first-order chi connectivity index (χ1) is 11.2. The third-order valence-corrected chi connectivity index (χ3v) is 3.35. The summed E-state index contributed by atoms with van der Waals surface area (Å²) in [5, 5.41) is 22.5. The predicted octanol–water partition coefficient (Wildman–Crippen LogP) is 1.29. The first-order valence-electron chi connectivity index (χ1n) is 6.73. The highest BCUT2D eigenvalue weighted by molar-refractivity contribution is 5.48. The Hall–Kier alpha value is -3.56. The Morgan fingerprint density at radius 3 is 2.83 bits per heavy atom. The zero-order valence-corrected chi connectivity index (χ0v) is 11.7. The van der Waals surface area contributed by atoms with Gasteiger partial charge in [-0.15, -0.1) is 0 Å². The van der Waals surface area contributed by atoms with Gasteiger partial charge in [0.1, 0.15) is 6.20 Å². The standard InChI is InChI=1S/C13H10N8O2/c22-21(23)13-8-16-11-2-1-10(18-20(11)13)15-7-9-3-5-14-12-4-6-17-19(9)12/h1-6,8H,7H2,(H,15,18). The Labute approximate surface area is 128 Å². The van der Waals surface area contributed by atoms with Gasteiger partial charge in [0.25, 0.3) is 0 Å². The van der Waals surface area contributed by atoms with E-state index in [0.29, 0.717) is 18.0 Å². The van der Waals surface area contributed by atoms with Crippen LogP contribution in [0.1, 0.15) is 5.69 Å². The van der Waals surface area contributed by atoms with Crippen LogP contribution in [0.15, 0.2) is 42.9 Å². The maximum Gasteiger partial charge on any atom is 0.368 e. The average Bonchev–Trinajstić information content (AvgIpc) is 3.19. The van der Waals surface area contributed by atoms with Crippen molar-refractivity contribution < 1.29 is 4.92 Å². The van der Waals surface area contributed by atoms with Crippen LogP contribution in [0.4, 0.5) is 11.6 Å². The van der Waals surface area contributed by atoms with E-state index in [1.54, 1.807) is 29.0 Å². The van der Waals surface area contributed by atoms with Crippen molar-refractivity contribution in [3.8, 4) is 0 Å². The molecule has 0 atom stereocenters. The first kappa shape index (κ1) is 13.1. The number of nitro groups is 1. The molecule has 10 heteroatoms. The third-order valence-electron chi connectivity index (χ3n) is 3.35.